The summed E-state index contributed by atoms with van der Waals surface area (Å²) in [7, 11) is 0. The molecule has 0 unspecified atom stereocenters. The Kier molecular flexibility index (Phi) is 6.16. The van der Waals surface area contributed by atoms with E-state index < -0.39 is 5.60 Å². The number of alkyl carbamates (subject to hydrolysis) is 1. The number of rotatable bonds is 4. The fourth-order valence-electron chi connectivity index (χ4n) is 0.850. The van der Waals surface area contributed by atoms with E-state index in [1.165, 1.54) is 0 Å². The number of carbonyl (C=O) groups excluding carboxylic acids is 1. The number of hydrogen-bond donors (Lipinski definition) is 1. The third-order valence-electron chi connectivity index (χ3n) is 1.73. The van der Waals surface area contributed by atoms with Crippen LogP contribution in [0.15, 0.2) is 0 Å². The largest absolute Gasteiger partial charge is 0.444 e. The highest BCUT2D eigenvalue weighted by Gasteiger charge is 2.16. The second-order valence-corrected chi connectivity index (χ2v) is 4.96. The first-order valence-corrected chi connectivity index (χ1v) is 6.04. The van der Waals surface area contributed by atoms with E-state index in [0.717, 1.165) is 11.8 Å². The lowest BCUT2D eigenvalue weighted by molar-refractivity contribution is 0.0520. The maximum atomic E-state index is 11.2. The molecule has 0 aliphatic heterocycles. The van der Waals surface area contributed by atoms with Gasteiger partial charge in [-0.2, -0.15) is 0 Å². The van der Waals surface area contributed by atoms with E-state index in [0.29, 0.717) is 12.5 Å². The molecule has 14 heavy (non-hydrogen) atoms. The smallest absolute Gasteiger partial charge is 0.407 e. The van der Waals surface area contributed by atoms with Crippen LogP contribution < -0.4 is 5.32 Å². The van der Waals surface area contributed by atoms with Gasteiger partial charge in [-0.3, -0.25) is 0 Å². The zero-order valence-corrected chi connectivity index (χ0v) is 11.0. The van der Waals surface area contributed by atoms with E-state index in [1.54, 1.807) is 0 Å². The highest BCUT2D eigenvalue weighted by Crippen LogP contribution is 2.08. The van der Waals surface area contributed by atoms with Gasteiger partial charge in [0, 0.05) is 11.9 Å². The van der Waals surface area contributed by atoms with Crippen molar-refractivity contribution in [3.63, 3.8) is 0 Å². The molecule has 1 atom stereocenters. The van der Waals surface area contributed by atoms with E-state index in [9.17, 15) is 4.79 Å². The van der Waals surface area contributed by atoms with Gasteiger partial charge in [-0.05, 0) is 26.7 Å². The lowest BCUT2D eigenvalue weighted by Crippen LogP contribution is -2.35. The Morgan fingerprint density at radius 1 is 1.50 bits per heavy atom. The lowest BCUT2D eigenvalue weighted by atomic mass is 10.1. The zero-order chi connectivity index (χ0) is 11.2. The molecule has 0 saturated heterocycles. The average molecular weight is 266 g/mol. The summed E-state index contributed by atoms with van der Waals surface area (Å²) in [6, 6.07) is 0. The summed E-state index contributed by atoms with van der Waals surface area (Å²) in [5.41, 5.74) is -0.416. The van der Waals surface area contributed by atoms with Crippen LogP contribution in [0.4, 0.5) is 4.79 Å². The molecule has 4 heteroatoms. The third-order valence-corrected chi connectivity index (χ3v) is 2.65. The van der Waals surface area contributed by atoms with E-state index in [4.69, 9.17) is 4.74 Å². The van der Waals surface area contributed by atoms with Gasteiger partial charge in [0.15, 0.2) is 0 Å². The number of halogens is 1. The Labute approximate surface area is 94.7 Å². The Morgan fingerprint density at radius 3 is 2.43 bits per heavy atom. The number of hydrogen-bond acceptors (Lipinski definition) is 2. The van der Waals surface area contributed by atoms with Crippen molar-refractivity contribution in [1.29, 1.82) is 0 Å². The van der Waals surface area contributed by atoms with Crippen LogP contribution in [0, 0.1) is 5.92 Å². The van der Waals surface area contributed by atoms with Crippen LogP contribution in [0.5, 0.6) is 0 Å². The minimum absolute atomic E-state index is 0.336. The molecule has 0 aromatic carbocycles. The molecule has 0 bridgehead atoms. The topological polar surface area (TPSA) is 38.3 Å². The molecule has 0 aliphatic rings. The number of nitrogens with one attached hydrogen (secondary N) is 1. The molecule has 1 N–H and O–H groups in total. The summed E-state index contributed by atoms with van der Waals surface area (Å²) in [6.45, 7) is 8.33. The van der Waals surface area contributed by atoms with Crippen molar-refractivity contribution in [3.05, 3.63) is 0 Å². The molecule has 1 amide bonds. The van der Waals surface area contributed by atoms with Gasteiger partial charge in [-0.1, -0.05) is 29.3 Å². The maximum absolute atomic E-state index is 11.2. The molecule has 0 rings (SSSR count). The minimum atomic E-state index is -0.416. The molecule has 0 aromatic rings. The Balaban J connectivity index is 3.74. The molecule has 0 spiro atoms. The van der Waals surface area contributed by atoms with E-state index in [-0.39, 0.29) is 6.09 Å². The molecule has 0 heterocycles. The van der Waals surface area contributed by atoms with Gasteiger partial charge in [0.25, 0.3) is 0 Å². The van der Waals surface area contributed by atoms with Crippen molar-refractivity contribution in [2.24, 2.45) is 5.92 Å². The SMILES string of the molecule is CC[C@H](CBr)CNC(=O)OC(C)(C)C. The molecule has 0 fully saturated rings. The van der Waals surface area contributed by atoms with Crippen molar-refractivity contribution >= 4 is 22.0 Å². The first-order valence-electron chi connectivity index (χ1n) is 4.92. The van der Waals surface area contributed by atoms with Gasteiger partial charge in [-0.15, -0.1) is 0 Å². The number of alkyl halides is 1. The van der Waals surface area contributed by atoms with Crippen LogP contribution in [0.25, 0.3) is 0 Å². The van der Waals surface area contributed by atoms with Crippen LogP contribution >= 0.6 is 15.9 Å². The summed E-state index contributed by atoms with van der Waals surface area (Å²) in [6.07, 6.45) is 0.707. The minimum Gasteiger partial charge on any atom is -0.444 e. The quantitative estimate of drug-likeness (QED) is 0.794. The fourth-order valence-corrected chi connectivity index (χ4v) is 1.54. The molecule has 0 aliphatic carbocycles. The first kappa shape index (κ1) is 13.8. The van der Waals surface area contributed by atoms with Crippen LogP contribution in [-0.2, 0) is 4.74 Å². The standard InChI is InChI=1S/C10H20BrNO2/c1-5-8(6-11)7-12-9(13)14-10(2,3)4/h8H,5-7H2,1-4H3,(H,12,13)/t8-/m1/s1. The molecular formula is C10H20BrNO2. The number of ether oxygens (including phenoxy) is 1. The fraction of sp³-hybridized carbons (Fsp3) is 0.900. The van der Waals surface area contributed by atoms with Crippen molar-refractivity contribution in [1.82, 2.24) is 5.32 Å². The molecule has 84 valence electrons. The van der Waals surface area contributed by atoms with Crippen molar-refractivity contribution in [2.45, 2.75) is 39.7 Å². The predicted octanol–water partition coefficient (Wildman–Crippen LogP) is 2.93. The number of amides is 1. The van der Waals surface area contributed by atoms with Crippen LogP contribution in [0.3, 0.4) is 0 Å². The predicted molar refractivity (Wildman–Crippen MR) is 61.8 cm³/mol. The average Bonchev–Trinajstić information content (AvgIpc) is 2.03. The van der Waals surface area contributed by atoms with Gasteiger partial charge >= 0.3 is 6.09 Å². The molecule has 0 aromatic heterocycles. The summed E-state index contributed by atoms with van der Waals surface area (Å²) >= 11 is 3.40. The van der Waals surface area contributed by atoms with Crippen LogP contribution in [0.1, 0.15) is 34.1 Å². The van der Waals surface area contributed by atoms with Gasteiger partial charge in [0.1, 0.15) is 5.60 Å². The van der Waals surface area contributed by atoms with Crippen LogP contribution in [0.2, 0.25) is 0 Å². The molecule has 0 radical (unpaired) electrons. The summed E-state index contributed by atoms with van der Waals surface area (Å²) in [5.74, 6) is 0.475. The first-order chi connectivity index (χ1) is 6.39. The van der Waals surface area contributed by atoms with Crippen LogP contribution in [-0.4, -0.2) is 23.6 Å². The monoisotopic (exact) mass is 265 g/mol. The Morgan fingerprint density at radius 2 is 2.07 bits per heavy atom. The Bertz CT molecular complexity index is 173. The summed E-state index contributed by atoms with van der Waals surface area (Å²) in [4.78, 5) is 11.2. The highest BCUT2D eigenvalue weighted by molar-refractivity contribution is 9.09. The van der Waals surface area contributed by atoms with Gasteiger partial charge in [0.2, 0.25) is 0 Å². The zero-order valence-electron chi connectivity index (χ0n) is 9.39. The molecular weight excluding hydrogens is 246 g/mol. The summed E-state index contributed by atoms with van der Waals surface area (Å²) in [5, 5.41) is 3.65. The van der Waals surface area contributed by atoms with Crippen molar-refractivity contribution in [2.75, 3.05) is 11.9 Å². The number of carbonyl (C=O) groups is 1. The van der Waals surface area contributed by atoms with E-state index in [2.05, 4.69) is 28.2 Å². The summed E-state index contributed by atoms with van der Waals surface area (Å²) < 4.78 is 5.11. The second kappa shape index (κ2) is 6.27. The van der Waals surface area contributed by atoms with Crippen molar-refractivity contribution < 1.29 is 9.53 Å². The third kappa shape index (κ3) is 7.18. The Hall–Kier alpha value is -0.250. The second-order valence-electron chi connectivity index (χ2n) is 4.31. The normalized spacial score (nSPS) is 13.5. The van der Waals surface area contributed by atoms with Gasteiger partial charge < -0.3 is 10.1 Å². The van der Waals surface area contributed by atoms with Gasteiger partial charge in [-0.25, -0.2) is 4.79 Å². The van der Waals surface area contributed by atoms with E-state index >= 15 is 0 Å². The molecule has 3 nitrogen and oxygen atoms in total. The van der Waals surface area contributed by atoms with Gasteiger partial charge in [0.05, 0.1) is 0 Å². The maximum Gasteiger partial charge on any atom is 0.407 e. The van der Waals surface area contributed by atoms with Crippen molar-refractivity contribution in [3.8, 4) is 0 Å². The van der Waals surface area contributed by atoms with E-state index in [1.807, 2.05) is 20.8 Å². The molecule has 0 saturated carbocycles. The lowest BCUT2D eigenvalue weighted by Gasteiger charge is -2.20. The highest BCUT2D eigenvalue weighted by atomic mass is 79.9.